The second-order valence-corrected chi connectivity index (χ2v) is 15.9. The largest absolute Gasteiger partial charge is 0.414 e. The Morgan fingerprint density at radius 3 is 0.705 bits per heavy atom. The lowest BCUT2D eigenvalue weighted by Gasteiger charge is -2.36. The molecule has 1 N–H and O–H groups in total. The maximum absolute atomic E-state index is 8.58. The van der Waals surface area contributed by atoms with Crippen molar-refractivity contribution in [3.63, 3.8) is 0 Å². The van der Waals surface area contributed by atoms with Gasteiger partial charge >= 0.3 is 0 Å². The maximum Gasteiger partial charge on any atom is 0.192 e. The molecule has 0 spiro atoms. The van der Waals surface area contributed by atoms with Crippen LogP contribution in [-0.4, -0.2) is 172 Å². The van der Waals surface area contributed by atoms with Crippen LogP contribution in [0.1, 0.15) is 20.8 Å². The molecule has 0 rings (SSSR count). The van der Waals surface area contributed by atoms with Gasteiger partial charge in [-0.2, -0.15) is 0 Å². The molecule has 0 aromatic carbocycles. The fourth-order valence-corrected chi connectivity index (χ4v) is 3.96. The molecule has 0 aromatic heterocycles. The highest BCUT2D eigenvalue weighted by Crippen LogP contribution is 2.36. The summed E-state index contributed by atoms with van der Waals surface area (Å²) in [6, 6.07) is 0. The van der Waals surface area contributed by atoms with Crippen LogP contribution in [0, 0.1) is 0 Å². The molecule has 0 heterocycles. The van der Waals surface area contributed by atoms with Crippen LogP contribution in [-0.2, 0) is 56.5 Å². The van der Waals surface area contributed by atoms with Gasteiger partial charge < -0.3 is 61.6 Å². The lowest BCUT2D eigenvalue weighted by atomic mass is 10.2. The van der Waals surface area contributed by atoms with Gasteiger partial charge in [-0.3, -0.25) is 0 Å². The number of hydrogen-bond acceptors (Lipinski definition) is 13. The highest BCUT2D eigenvalue weighted by Gasteiger charge is 2.36. The van der Waals surface area contributed by atoms with Gasteiger partial charge in [0.25, 0.3) is 0 Å². The molecule has 0 saturated carbocycles. The standard InChI is InChI=1S/C30H64O13Si/c1-30(2,3)44(4,5)43-29-28-42-27-26-41-25-24-40-23-22-39-21-20-38-19-18-37-17-16-36-15-14-35-13-12-34-11-10-33-9-8-32-7-6-31/h31H,6-29H2,1-5H3. The van der Waals surface area contributed by atoms with E-state index in [4.69, 9.17) is 61.6 Å². The minimum absolute atomic E-state index is 0.0263. The van der Waals surface area contributed by atoms with Crippen molar-refractivity contribution in [1.29, 1.82) is 0 Å². The minimum atomic E-state index is -1.70. The zero-order chi connectivity index (χ0) is 32.5. The zero-order valence-corrected chi connectivity index (χ0v) is 29.3. The third kappa shape index (κ3) is 31.7. The molecule has 44 heavy (non-hydrogen) atoms. The van der Waals surface area contributed by atoms with Crippen molar-refractivity contribution < 1.29 is 61.6 Å². The van der Waals surface area contributed by atoms with Crippen molar-refractivity contribution in [2.45, 2.75) is 38.9 Å². The van der Waals surface area contributed by atoms with E-state index in [1.165, 1.54) is 0 Å². The summed E-state index contributed by atoms with van der Waals surface area (Å²) < 4.78 is 65.8. The first-order chi connectivity index (χ1) is 21.3. The first-order valence-electron chi connectivity index (χ1n) is 15.9. The predicted octanol–water partition coefficient (Wildman–Crippen LogP) is 2.18. The molecule has 0 aliphatic rings. The third-order valence-corrected chi connectivity index (χ3v) is 11.0. The quantitative estimate of drug-likeness (QED) is 0.0779. The average molecular weight is 661 g/mol. The number of aliphatic hydroxyl groups is 1. The lowest BCUT2D eigenvalue weighted by molar-refractivity contribution is -0.0280. The van der Waals surface area contributed by atoms with E-state index in [0.29, 0.717) is 152 Å². The first-order valence-corrected chi connectivity index (χ1v) is 18.8. The molecule has 0 aliphatic carbocycles. The Kier molecular flexibility index (Phi) is 32.4. The first kappa shape index (κ1) is 43.7. The normalized spacial score (nSPS) is 12.4. The summed E-state index contributed by atoms with van der Waals surface area (Å²) in [4.78, 5) is 0. The molecule has 0 atom stereocenters. The minimum Gasteiger partial charge on any atom is -0.414 e. The van der Waals surface area contributed by atoms with Crippen molar-refractivity contribution in [3.05, 3.63) is 0 Å². The number of hydrogen-bond donors (Lipinski definition) is 1. The molecule has 0 saturated heterocycles. The molecule has 0 aromatic rings. The Morgan fingerprint density at radius 1 is 0.341 bits per heavy atom. The monoisotopic (exact) mass is 660 g/mol. The molecule has 0 bridgehead atoms. The molecule has 13 nitrogen and oxygen atoms in total. The predicted molar refractivity (Wildman–Crippen MR) is 169 cm³/mol. The number of aliphatic hydroxyl groups excluding tert-OH is 1. The van der Waals surface area contributed by atoms with E-state index in [1.54, 1.807) is 0 Å². The van der Waals surface area contributed by atoms with Gasteiger partial charge in [0.2, 0.25) is 0 Å². The highest BCUT2D eigenvalue weighted by molar-refractivity contribution is 6.74. The fourth-order valence-electron chi connectivity index (χ4n) is 2.94. The molecule has 0 amide bonds. The van der Waals surface area contributed by atoms with Crippen LogP contribution in [0.4, 0.5) is 0 Å². The van der Waals surface area contributed by atoms with Crippen LogP contribution < -0.4 is 0 Å². The van der Waals surface area contributed by atoms with Gasteiger partial charge in [-0.25, -0.2) is 0 Å². The molecule has 0 unspecified atom stereocenters. The molecular weight excluding hydrogens is 596 g/mol. The summed E-state index contributed by atoms with van der Waals surface area (Å²) >= 11 is 0. The smallest absolute Gasteiger partial charge is 0.192 e. The molecular formula is C30H64O13Si. The number of rotatable bonds is 36. The van der Waals surface area contributed by atoms with Gasteiger partial charge in [0.1, 0.15) is 0 Å². The summed E-state index contributed by atoms with van der Waals surface area (Å²) in [5.74, 6) is 0. The van der Waals surface area contributed by atoms with Gasteiger partial charge in [0.15, 0.2) is 8.32 Å². The Balaban J connectivity index is 3.12. The van der Waals surface area contributed by atoms with Gasteiger partial charge in [-0.15, -0.1) is 0 Å². The van der Waals surface area contributed by atoms with Gasteiger partial charge in [-0.1, -0.05) is 20.8 Å². The van der Waals surface area contributed by atoms with Crippen LogP contribution in [0.3, 0.4) is 0 Å². The lowest BCUT2D eigenvalue weighted by Crippen LogP contribution is -2.41. The average Bonchev–Trinajstić information content (AvgIpc) is 2.98. The Bertz CT molecular complexity index is 568. The van der Waals surface area contributed by atoms with Gasteiger partial charge in [0.05, 0.1) is 159 Å². The van der Waals surface area contributed by atoms with Crippen LogP contribution in [0.25, 0.3) is 0 Å². The molecule has 14 heteroatoms. The summed E-state index contributed by atoms with van der Waals surface area (Å²) in [6.07, 6.45) is 0. The van der Waals surface area contributed by atoms with Crippen LogP contribution in [0.15, 0.2) is 0 Å². The molecule has 0 fully saturated rings. The molecule has 0 radical (unpaired) electrons. The van der Waals surface area contributed by atoms with Gasteiger partial charge in [0, 0.05) is 0 Å². The summed E-state index contributed by atoms with van der Waals surface area (Å²) in [5.41, 5.74) is 0. The summed E-state index contributed by atoms with van der Waals surface area (Å²) in [5, 5.41) is 8.79. The van der Waals surface area contributed by atoms with E-state index in [0.717, 1.165) is 0 Å². The number of ether oxygens (including phenoxy) is 11. The van der Waals surface area contributed by atoms with Crippen molar-refractivity contribution in [3.8, 4) is 0 Å². The summed E-state index contributed by atoms with van der Waals surface area (Å²) in [7, 11) is -1.70. The van der Waals surface area contributed by atoms with Crippen molar-refractivity contribution >= 4 is 8.32 Å². The second kappa shape index (κ2) is 32.6. The van der Waals surface area contributed by atoms with E-state index in [9.17, 15) is 0 Å². The topological polar surface area (TPSA) is 131 Å². The van der Waals surface area contributed by atoms with Crippen molar-refractivity contribution in [2.75, 3.05) is 159 Å². The van der Waals surface area contributed by atoms with Crippen LogP contribution >= 0.6 is 0 Å². The van der Waals surface area contributed by atoms with Crippen LogP contribution in [0.5, 0.6) is 0 Å². The fraction of sp³-hybridized carbons (Fsp3) is 1.00. The second-order valence-electron chi connectivity index (χ2n) is 11.1. The third-order valence-electron chi connectivity index (χ3n) is 6.45. The summed E-state index contributed by atoms with van der Waals surface area (Å²) in [6.45, 7) is 23.0. The van der Waals surface area contributed by atoms with E-state index in [2.05, 4.69) is 33.9 Å². The molecule has 266 valence electrons. The van der Waals surface area contributed by atoms with Crippen molar-refractivity contribution in [1.82, 2.24) is 0 Å². The Hall–Kier alpha value is -0.303. The Labute approximate surface area is 267 Å². The highest BCUT2D eigenvalue weighted by atomic mass is 28.4. The molecule has 0 aliphatic heterocycles. The Morgan fingerprint density at radius 2 is 0.523 bits per heavy atom. The van der Waals surface area contributed by atoms with Crippen molar-refractivity contribution in [2.24, 2.45) is 0 Å². The van der Waals surface area contributed by atoms with E-state index in [1.807, 2.05) is 0 Å². The van der Waals surface area contributed by atoms with Gasteiger partial charge in [-0.05, 0) is 18.1 Å². The van der Waals surface area contributed by atoms with E-state index >= 15 is 0 Å². The van der Waals surface area contributed by atoms with E-state index < -0.39 is 8.32 Å². The van der Waals surface area contributed by atoms with Crippen LogP contribution in [0.2, 0.25) is 18.1 Å². The SMILES string of the molecule is CC(C)(C)[Si](C)(C)OCCOCCOCCOCCOCCOCCOCCOCCOCCOCCOCCOCCO. The zero-order valence-electron chi connectivity index (χ0n) is 28.3. The maximum atomic E-state index is 8.58. The van der Waals surface area contributed by atoms with E-state index in [-0.39, 0.29) is 11.6 Å².